The summed E-state index contributed by atoms with van der Waals surface area (Å²) < 4.78 is 4.32. The monoisotopic (exact) mass is 133 g/mol. The molecule has 0 aromatic rings. The molecular formula is C5H6ClO2. The largest absolute Gasteiger partial charge is 0.460 e. The van der Waals surface area contributed by atoms with Gasteiger partial charge in [0.1, 0.15) is 6.61 Å². The molecule has 0 aromatic heterocycles. The van der Waals surface area contributed by atoms with Crippen LogP contribution in [0.15, 0.2) is 11.6 Å². The number of carbonyl (C=O) groups is 1. The van der Waals surface area contributed by atoms with E-state index in [4.69, 9.17) is 11.6 Å². The van der Waals surface area contributed by atoms with Crippen LogP contribution in [0, 0.1) is 6.92 Å². The predicted molar refractivity (Wildman–Crippen MR) is 31.3 cm³/mol. The SMILES string of the molecule is [CH2]C(=O)OCC(=C)Cl. The quantitative estimate of drug-likeness (QED) is 0.528. The smallest absolute Gasteiger partial charge is 0.306 e. The van der Waals surface area contributed by atoms with E-state index in [-0.39, 0.29) is 6.61 Å². The van der Waals surface area contributed by atoms with Gasteiger partial charge in [-0.15, -0.1) is 0 Å². The number of carbonyl (C=O) groups excluding carboxylic acids is 1. The number of ether oxygens (including phenoxy) is 1. The van der Waals surface area contributed by atoms with Crippen LogP contribution in [-0.2, 0) is 9.53 Å². The normalized spacial score (nSPS) is 8.25. The first-order valence-corrected chi connectivity index (χ1v) is 2.32. The first kappa shape index (κ1) is 7.50. The lowest BCUT2D eigenvalue weighted by Gasteiger charge is -1.95. The summed E-state index contributed by atoms with van der Waals surface area (Å²) in [6.07, 6.45) is 0. The molecule has 0 aliphatic carbocycles. The van der Waals surface area contributed by atoms with Gasteiger partial charge in [0.25, 0.3) is 0 Å². The van der Waals surface area contributed by atoms with Crippen LogP contribution >= 0.6 is 11.6 Å². The summed E-state index contributed by atoms with van der Waals surface area (Å²) >= 11 is 5.22. The summed E-state index contributed by atoms with van der Waals surface area (Å²) in [5.41, 5.74) is 0. The summed E-state index contributed by atoms with van der Waals surface area (Å²) in [5.74, 6) is -0.591. The summed E-state index contributed by atoms with van der Waals surface area (Å²) in [4.78, 5) is 9.92. The standard InChI is InChI=1S/C5H6ClO2/c1-4(6)3-8-5(2)7/h1-3H2. The second kappa shape index (κ2) is 3.50. The van der Waals surface area contributed by atoms with Crippen LogP contribution in [0.2, 0.25) is 0 Å². The first-order chi connectivity index (χ1) is 3.63. The summed E-state index contributed by atoms with van der Waals surface area (Å²) in [5, 5.41) is 0.294. The molecule has 3 heteroatoms. The van der Waals surface area contributed by atoms with Crippen molar-refractivity contribution in [1.82, 2.24) is 0 Å². The molecule has 0 bridgehead atoms. The van der Waals surface area contributed by atoms with Crippen molar-refractivity contribution in [3.8, 4) is 0 Å². The van der Waals surface area contributed by atoms with Gasteiger partial charge in [-0.2, -0.15) is 0 Å². The maximum atomic E-state index is 9.92. The van der Waals surface area contributed by atoms with Gasteiger partial charge < -0.3 is 4.74 Å². The van der Waals surface area contributed by atoms with Crippen molar-refractivity contribution in [3.05, 3.63) is 18.5 Å². The van der Waals surface area contributed by atoms with E-state index in [1.165, 1.54) is 0 Å². The van der Waals surface area contributed by atoms with E-state index in [2.05, 4.69) is 18.2 Å². The van der Waals surface area contributed by atoms with Crippen molar-refractivity contribution < 1.29 is 9.53 Å². The number of hydrogen-bond donors (Lipinski definition) is 0. The lowest BCUT2D eigenvalue weighted by Crippen LogP contribution is -1.99. The maximum absolute atomic E-state index is 9.92. The average molecular weight is 134 g/mol. The van der Waals surface area contributed by atoms with E-state index in [0.717, 1.165) is 0 Å². The van der Waals surface area contributed by atoms with Crippen molar-refractivity contribution in [1.29, 1.82) is 0 Å². The van der Waals surface area contributed by atoms with E-state index >= 15 is 0 Å². The Hall–Kier alpha value is -0.500. The van der Waals surface area contributed by atoms with Gasteiger partial charge in [-0.25, -0.2) is 0 Å². The second-order valence-corrected chi connectivity index (χ2v) is 1.71. The van der Waals surface area contributed by atoms with Gasteiger partial charge in [0.05, 0.1) is 6.92 Å². The molecule has 0 rings (SSSR count). The van der Waals surface area contributed by atoms with Gasteiger partial charge in [0, 0.05) is 5.03 Å². The third-order valence-corrected chi connectivity index (χ3v) is 0.499. The molecule has 0 heterocycles. The molecule has 0 aliphatic rings. The molecule has 0 amide bonds. The average Bonchev–Trinajstić information content (AvgIpc) is 1.61. The molecule has 2 nitrogen and oxygen atoms in total. The second-order valence-electron chi connectivity index (χ2n) is 1.18. The van der Waals surface area contributed by atoms with Crippen molar-refractivity contribution in [2.45, 2.75) is 0 Å². The van der Waals surface area contributed by atoms with E-state index in [1.807, 2.05) is 0 Å². The van der Waals surface area contributed by atoms with E-state index in [9.17, 15) is 4.79 Å². The fraction of sp³-hybridized carbons (Fsp3) is 0.200. The van der Waals surface area contributed by atoms with Crippen molar-refractivity contribution >= 4 is 17.6 Å². The van der Waals surface area contributed by atoms with Crippen LogP contribution in [0.4, 0.5) is 0 Å². The molecule has 0 fully saturated rings. The van der Waals surface area contributed by atoms with Gasteiger partial charge in [0.2, 0.25) is 0 Å². The zero-order valence-electron chi connectivity index (χ0n) is 4.32. The van der Waals surface area contributed by atoms with Gasteiger partial charge in [0.15, 0.2) is 0 Å². The summed E-state index contributed by atoms with van der Waals surface area (Å²) in [6.45, 7) is 6.28. The highest BCUT2D eigenvalue weighted by molar-refractivity contribution is 6.29. The summed E-state index contributed by atoms with van der Waals surface area (Å²) in [6, 6.07) is 0. The Morgan fingerprint density at radius 3 is 2.38 bits per heavy atom. The fourth-order valence-electron chi connectivity index (χ4n) is 0.159. The Kier molecular flexibility index (Phi) is 3.28. The Morgan fingerprint density at radius 2 is 2.25 bits per heavy atom. The molecular weight excluding hydrogens is 128 g/mol. The third-order valence-electron chi connectivity index (χ3n) is 0.390. The summed E-state index contributed by atoms with van der Waals surface area (Å²) in [7, 11) is 0. The Bertz CT molecular complexity index is 95.0. The number of rotatable bonds is 2. The minimum atomic E-state index is -0.591. The van der Waals surface area contributed by atoms with Crippen LogP contribution in [-0.4, -0.2) is 12.6 Å². The molecule has 0 N–H and O–H groups in total. The van der Waals surface area contributed by atoms with Gasteiger partial charge in [-0.05, 0) is 0 Å². The van der Waals surface area contributed by atoms with Crippen molar-refractivity contribution in [2.24, 2.45) is 0 Å². The Morgan fingerprint density at radius 1 is 1.75 bits per heavy atom. The molecule has 0 aliphatic heterocycles. The molecule has 0 spiro atoms. The third kappa shape index (κ3) is 5.50. The minimum Gasteiger partial charge on any atom is -0.460 e. The molecule has 0 aromatic carbocycles. The van der Waals surface area contributed by atoms with Crippen molar-refractivity contribution in [2.75, 3.05) is 6.61 Å². The van der Waals surface area contributed by atoms with Crippen LogP contribution in [0.1, 0.15) is 0 Å². The molecule has 45 valence electrons. The highest BCUT2D eigenvalue weighted by Gasteiger charge is 1.91. The van der Waals surface area contributed by atoms with E-state index in [1.54, 1.807) is 0 Å². The van der Waals surface area contributed by atoms with Gasteiger partial charge in [-0.1, -0.05) is 18.2 Å². The lowest BCUT2D eigenvalue weighted by molar-refractivity contribution is -0.136. The highest BCUT2D eigenvalue weighted by atomic mass is 35.5. The first-order valence-electron chi connectivity index (χ1n) is 1.95. The van der Waals surface area contributed by atoms with Crippen LogP contribution in [0.3, 0.4) is 0 Å². The fourth-order valence-corrected chi connectivity index (χ4v) is 0.213. The molecule has 0 saturated heterocycles. The Balaban J connectivity index is 3.18. The number of esters is 1. The minimum absolute atomic E-state index is 0.0455. The maximum Gasteiger partial charge on any atom is 0.306 e. The van der Waals surface area contributed by atoms with E-state index in [0.29, 0.717) is 5.03 Å². The molecule has 1 radical (unpaired) electrons. The zero-order chi connectivity index (χ0) is 6.57. The van der Waals surface area contributed by atoms with E-state index < -0.39 is 5.97 Å². The Labute approximate surface area is 53.1 Å². The molecule has 0 saturated carbocycles. The van der Waals surface area contributed by atoms with Gasteiger partial charge in [-0.3, -0.25) is 4.79 Å². The van der Waals surface area contributed by atoms with Gasteiger partial charge >= 0.3 is 5.97 Å². The molecule has 0 unspecified atom stereocenters. The van der Waals surface area contributed by atoms with Crippen LogP contribution < -0.4 is 0 Å². The highest BCUT2D eigenvalue weighted by Crippen LogP contribution is 1.95. The molecule has 8 heavy (non-hydrogen) atoms. The number of halogens is 1. The van der Waals surface area contributed by atoms with Crippen LogP contribution in [0.5, 0.6) is 0 Å². The molecule has 0 atom stereocenters. The zero-order valence-corrected chi connectivity index (χ0v) is 5.07. The number of hydrogen-bond acceptors (Lipinski definition) is 2. The lowest BCUT2D eigenvalue weighted by atomic mass is 10.7. The van der Waals surface area contributed by atoms with Crippen molar-refractivity contribution in [3.63, 3.8) is 0 Å². The van der Waals surface area contributed by atoms with Crippen LogP contribution in [0.25, 0.3) is 0 Å². The predicted octanol–water partition coefficient (Wildman–Crippen LogP) is 1.12. The topological polar surface area (TPSA) is 26.3 Å².